The standard InChI is InChI=1S/C26H37N5O2.2ClH/c1-16-20(8-11-23(27)30-16)14-29-25(33)17(2)31-15-19(13-22(31)24(28)32)12-18-6-9-21(10-7-18)26(3,4)5;;/h6-11,17,19,22H,12-15H2,1-5H3,(H2,27,30)(H2,28,32)(H,29,33);2*1H/t17-,19?,22?;;/m0../s1. The molecule has 3 rings (SSSR count). The molecule has 1 saturated heterocycles. The molecule has 194 valence electrons. The van der Waals surface area contributed by atoms with E-state index in [0.29, 0.717) is 25.3 Å². The van der Waals surface area contributed by atoms with Gasteiger partial charge in [0.1, 0.15) is 5.82 Å². The number of amides is 2. The lowest BCUT2D eigenvalue weighted by atomic mass is 9.86. The molecule has 1 aromatic heterocycles. The molecule has 5 N–H and O–H groups in total. The highest BCUT2D eigenvalue weighted by atomic mass is 35.5. The number of nitrogens with one attached hydrogen (secondary N) is 1. The fraction of sp³-hybridized carbons (Fsp3) is 0.500. The number of anilines is 1. The number of nitrogens with two attached hydrogens (primary N) is 2. The van der Waals surface area contributed by atoms with E-state index in [4.69, 9.17) is 11.5 Å². The highest BCUT2D eigenvalue weighted by molar-refractivity contribution is 5.86. The van der Waals surface area contributed by atoms with Crippen LogP contribution in [0.4, 0.5) is 5.82 Å². The summed E-state index contributed by atoms with van der Waals surface area (Å²) in [5, 5.41) is 2.97. The summed E-state index contributed by atoms with van der Waals surface area (Å²) >= 11 is 0. The van der Waals surface area contributed by atoms with Gasteiger partial charge in [0.2, 0.25) is 11.8 Å². The normalized spacial score (nSPS) is 18.8. The summed E-state index contributed by atoms with van der Waals surface area (Å²) in [5.41, 5.74) is 15.8. The number of hydrogen-bond donors (Lipinski definition) is 3. The maximum atomic E-state index is 12.9. The molecule has 35 heavy (non-hydrogen) atoms. The summed E-state index contributed by atoms with van der Waals surface area (Å²) < 4.78 is 0. The van der Waals surface area contributed by atoms with Crippen molar-refractivity contribution in [2.24, 2.45) is 11.7 Å². The van der Waals surface area contributed by atoms with Gasteiger partial charge in [-0.05, 0) is 60.8 Å². The van der Waals surface area contributed by atoms with Crippen molar-refractivity contribution >= 4 is 42.4 Å². The molecule has 2 aromatic rings. The van der Waals surface area contributed by atoms with Gasteiger partial charge < -0.3 is 16.8 Å². The van der Waals surface area contributed by atoms with E-state index in [1.165, 1.54) is 11.1 Å². The summed E-state index contributed by atoms with van der Waals surface area (Å²) in [4.78, 5) is 31.2. The van der Waals surface area contributed by atoms with Gasteiger partial charge in [-0.2, -0.15) is 0 Å². The number of nitrogen functional groups attached to an aromatic ring is 1. The first-order valence-corrected chi connectivity index (χ1v) is 11.6. The number of carbonyl (C=O) groups is 2. The molecule has 2 heterocycles. The third-order valence-electron chi connectivity index (χ3n) is 6.65. The largest absolute Gasteiger partial charge is 0.384 e. The van der Waals surface area contributed by atoms with Crippen LogP contribution in [-0.4, -0.2) is 40.3 Å². The maximum Gasteiger partial charge on any atom is 0.237 e. The maximum absolute atomic E-state index is 12.9. The Labute approximate surface area is 221 Å². The van der Waals surface area contributed by atoms with E-state index in [2.05, 4.69) is 55.3 Å². The van der Waals surface area contributed by atoms with Crippen LogP contribution in [0.3, 0.4) is 0 Å². The summed E-state index contributed by atoms with van der Waals surface area (Å²) in [5.74, 6) is 0.213. The molecule has 1 fully saturated rings. The quantitative estimate of drug-likeness (QED) is 0.513. The number of primary amides is 1. The molecule has 1 aliphatic heterocycles. The van der Waals surface area contributed by atoms with Gasteiger partial charge in [0.25, 0.3) is 0 Å². The molecule has 0 spiro atoms. The fourth-order valence-electron chi connectivity index (χ4n) is 4.56. The Balaban J connectivity index is 0.00000306. The molecule has 0 saturated carbocycles. The second-order valence-corrected chi connectivity index (χ2v) is 10.2. The van der Waals surface area contributed by atoms with Crippen LogP contribution in [0, 0.1) is 12.8 Å². The smallest absolute Gasteiger partial charge is 0.237 e. The molecule has 2 unspecified atom stereocenters. The van der Waals surface area contributed by atoms with E-state index in [1.807, 2.05) is 24.8 Å². The van der Waals surface area contributed by atoms with Crippen molar-refractivity contribution in [3.05, 3.63) is 58.8 Å². The first-order chi connectivity index (χ1) is 15.5. The Kier molecular flexibility index (Phi) is 11.0. The van der Waals surface area contributed by atoms with Crippen LogP contribution in [0.25, 0.3) is 0 Å². The average molecular weight is 525 g/mol. The van der Waals surface area contributed by atoms with Gasteiger partial charge in [-0.25, -0.2) is 4.98 Å². The highest BCUT2D eigenvalue weighted by Crippen LogP contribution is 2.29. The van der Waals surface area contributed by atoms with Gasteiger partial charge in [-0.3, -0.25) is 14.5 Å². The van der Waals surface area contributed by atoms with Crippen molar-refractivity contribution < 1.29 is 9.59 Å². The Morgan fingerprint density at radius 1 is 1.14 bits per heavy atom. The molecule has 0 bridgehead atoms. The van der Waals surface area contributed by atoms with E-state index < -0.39 is 12.1 Å². The number of halogens is 2. The highest BCUT2D eigenvalue weighted by Gasteiger charge is 2.40. The van der Waals surface area contributed by atoms with Crippen molar-refractivity contribution in [2.45, 2.75) is 71.5 Å². The van der Waals surface area contributed by atoms with E-state index in [9.17, 15) is 9.59 Å². The Morgan fingerprint density at radius 3 is 2.31 bits per heavy atom. The van der Waals surface area contributed by atoms with Crippen LogP contribution in [0.15, 0.2) is 36.4 Å². The number of nitrogens with zero attached hydrogens (tertiary/aromatic N) is 2. The van der Waals surface area contributed by atoms with Crippen LogP contribution in [-0.2, 0) is 28.0 Å². The number of pyridine rings is 1. The van der Waals surface area contributed by atoms with Gasteiger partial charge in [0, 0.05) is 18.8 Å². The molecule has 0 aliphatic carbocycles. The van der Waals surface area contributed by atoms with Crippen LogP contribution < -0.4 is 16.8 Å². The second kappa shape index (κ2) is 12.6. The van der Waals surface area contributed by atoms with Crippen LogP contribution in [0.5, 0.6) is 0 Å². The number of benzene rings is 1. The zero-order valence-corrected chi connectivity index (χ0v) is 22.8. The van der Waals surface area contributed by atoms with Crippen LogP contribution in [0.1, 0.15) is 56.5 Å². The Morgan fingerprint density at radius 2 is 1.77 bits per heavy atom. The van der Waals surface area contributed by atoms with E-state index in [1.54, 1.807) is 6.07 Å². The molecule has 2 amide bonds. The minimum Gasteiger partial charge on any atom is -0.384 e. The third-order valence-corrected chi connectivity index (χ3v) is 6.65. The second-order valence-electron chi connectivity index (χ2n) is 10.2. The van der Waals surface area contributed by atoms with Gasteiger partial charge in [-0.1, -0.05) is 51.1 Å². The van der Waals surface area contributed by atoms with E-state index in [-0.39, 0.29) is 48.0 Å². The number of likely N-dealkylation sites (tertiary alicyclic amines) is 1. The van der Waals surface area contributed by atoms with Gasteiger partial charge in [0.05, 0.1) is 12.1 Å². The summed E-state index contributed by atoms with van der Waals surface area (Å²) in [7, 11) is 0. The number of aryl methyl sites for hydroxylation is 1. The first-order valence-electron chi connectivity index (χ1n) is 11.6. The number of aromatic nitrogens is 1. The predicted octanol–water partition coefficient (Wildman–Crippen LogP) is 3.54. The lowest BCUT2D eigenvalue weighted by Crippen LogP contribution is -2.51. The van der Waals surface area contributed by atoms with Crippen LogP contribution in [0.2, 0.25) is 0 Å². The number of rotatable bonds is 7. The van der Waals surface area contributed by atoms with Crippen molar-refractivity contribution in [3.63, 3.8) is 0 Å². The van der Waals surface area contributed by atoms with Crippen LogP contribution >= 0.6 is 24.8 Å². The van der Waals surface area contributed by atoms with Gasteiger partial charge in [-0.15, -0.1) is 24.8 Å². The summed E-state index contributed by atoms with van der Waals surface area (Å²) in [6.45, 7) is 11.3. The van der Waals surface area contributed by atoms with E-state index in [0.717, 1.165) is 17.7 Å². The van der Waals surface area contributed by atoms with Gasteiger partial charge in [0.15, 0.2) is 0 Å². The first kappa shape index (κ1) is 30.7. The molecule has 1 aromatic carbocycles. The van der Waals surface area contributed by atoms with Crippen molar-refractivity contribution in [1.29, 1.82) is 0 Å². The monoisotopic (exact) mass is 523 g/mol. The zero-order valence-electron chi connectivity index (χ0n) is 21.2. The minimum atomic E-state index is -0.460. The lowest BCUT2D eigenvalue weighted by Gasteiger charge is -2.28. The molecular formula is C26H39Cl2N5O2. The SMILES string of the molecule is Cc1nc(N)ccc1CNC(=O)[C@H](C)N1CC(Cc2ccc(C(C)(C)C)cc2)CC1C(N)=O.Cl.Cl. The predicted molar refractivity (Wildman–Crippen MR) is 146 cm³/mol. The summed E-state index contributed by atoms with van der Waals surface area (Å²) in [6.07, 6.45) is 1.52. The molecule has 9 heteroatoms. The topological polar surface area (TPSA) is 114 Å². The van der Waals surface area contributed by atoms with Crippen molar-refractivity contribution in [1.82, 2.24) is 15.2 Å². The molecule has 3 atom stereocenters. The molecule has 7 nitrogen and oxygen atoms in total. The summed E-state index contributed by atoms with van der Waals surface area (Å²) in [6, 6.07) is 11.4. The average Bonchev–Trinajstić information content (AvgIpc) is 3.16. The Bertz CT molecular complexity index is 1010. The number of carbonyl (C=O) groups excluding carboxylic acids is 2. The zero-order chi connectivity index (χ0) is 24.3. The Hall–Kier alpha value is -2.35. The molecule has 1 aliphatic rings. The minimum absolute atomic E-state index is 0. The third kappa shape index (κ3) is 7.82. The van der Waals surface area contributed by atoms with Crippen molar-refractivity contribution in [3.8, 4) is 0 Å². The van der Waals surface area contributed by atoms with Gasteiger partial charge >= 0.3 is 0 Å². The lowest BCUT2D eigenvalue weighted by molar-refractivity contribution is -0.129. The van der Waals surface area contributed by atoms with E-state index >= 15 is 0 Å². The van der Waals surface area contributed by atoms with Crippen molar-refractivity contribution in [2.75, 3.05) is 12.3 Å². The molecule has 0 radical (unpaired) electrons. The molecular weight excluding hydrogens is 485 g/mol. The fourth-order valence-corrected chi connectivity index (χ4v) is 4.56. The number of hydrogen-bond acceptors (Lipinski definition) is 5.